The summed E-state index contributed by atoms with van der Waals surface area (Å²) in [7, 11) is 0. The molecule has 1 aliphatic rings. The highest BCUT2D eigenvalue weighted by atomic mass is 79.9. The van der Waals surface area contributed by atoms with Gasteiger partial charge in [0.15, 0.2) is 0 Å². The molecule has 0 aromatic carbocycles. The van der Waals surface area contributed by atoms with Gasteiger partial charge in [0.25, 0.3) is 5.91 Å². The number of aromatic nitrogens is 1. The topological polar surface area (TPSA) is 33.2 Å². The molecule has 0 N–H and O–H groups in total. The van der Waals surface area contributed by atoms with Crippen LogP contribution in [0.25, 0.3) is 0 Å². The number of pyridine rings is 1. The zero-order valence-electron chi connectivity index (χ0n) is 10.2. The van der Waals surface area contributed by atoms with Gasteiger partial charge in [0.05, 0.1) is 0 Å². The first kappa shape index (κ1) is 12.6. The van der Waals surface area contributed by atoms with Crippen molar-refractivity contribution in [2.75, 3.05) is 13.1 Å². The third-order valence-corrected chi connectivity index (χ3v) is 3.60. The molecule has 0 aliphatic carbocycles. The second-order valence-corrected chi connectivity index (χ2v) is 6.27. The van der Waals surface area contributed by atoms with Gasteiger partial charge in [-0.2, -0.15) is 0 Å². The molecule has 2 rings (SSSR count). The molecule has 0 bridgehead atoms. The molecular weight excluding hydrogens is 280 g/mol. The Balaban J connectivity index is 2.12. The predicted octanol–water partition coefficient (Wildman–Crippen LogP) is 3.11. The quantitative estimate of drug-likeness (QED) is 0.798. The normalized spacial score (nSPS) is 19.1. The Morgan fingerprint density at radius 2 is 2.24 bits per heavy atom. The van der Waals surface area contributed by atoms with Gasteiger partial charge >= 0.3 is 0 Å². The molecular formula is C13H17BrN2O. The van der Waals surface area contributed by atoms with Crippen molar-refractivity contribution in [3.63, 3.8) is 0 Å². The van der Waals surface area contributed by atoms with E-state index in [0.29, 0.717) is 5.69 Å². The number of nitrogens with zero attached hydrogens (tertiary/aromatic N) is 2. The number of piperidine rings is 1. The third-order valence-electron chi connectivity index (χ3n) is 3.13. The van der Waals surface area contributed by atoms with Gasteiger partial charge in [-0.25, -0.2) is 4.98 Å². The van der Waals surface area contributed by atoms with Crippen LogP contribution in [0.3, 0.4) is 0 Å². The molecule has 1 fully saturated rings. The van der Waals surface area contributed by atoms with Crippen molar-refractivity contribution >= 4 is 21.8 Å². The van der Waals surface area contributed by atoms with Crippen molar-refractivity contribution in [3.8, 4) is 0 Å². The first-order chi connectivity index (χ1) is 7.98. The molecule has 3 nitrogen and oxygen atoms in total. The summed E-state index contributed by atoms with van der Waals surface area (Å²) in [6, 6.07) is 3.63. The zero-order valence-corrected chi connectivity index (χ0v) is 11.8. The number of carbonyl (C=O) groups is 1. The fourth-order valence-corrected chi connectivity index (χ4v) is 2.50. The first-order valence-corrected chi connectivity index (χ1v) is 6.68. The summed E-state index contributed by atoms with van der Waals surface area (Å²) < 4.78 is 0.896. The summed E-state index contributed by atoms with van der Waals surface area (Å²) in [5, 5.41) is 0. The maximum atomic E-state index is 12.2. The Hall–Kier alpha value is -0.900. The molecule has 0 spiro atoms. The fourth-order valence-electron chi connectivity index (χ4n) is 2.26. The maximum absolute atomic E-state index is 12.2. The van der Waals surface area contributed by atoms with Crippen LogP contribution in [0.2, 0.25) is 0 Å². The largest absolute Gasteiger partial charge is 0.337 e. The summed E-state index contributed by atoms with van der Waals surface area (Å²) in [4.78, 5) is 18.3. The van der Waals surface area contributed by atoms with Gasteiger partial charge in [-0.3, -0.25) is 4.79 Å². The monoisotopic (exact) mass is 296 g/mol. The highest BCUT2D eigenvalue weighted by molar-refractivity contribution is 9.10. The van der Waals surface area contributed by atoms with Crippen LogP contribution in [0, 0.1) is 5.41 Å². The minimum Gasteiger partial charge on any atom is -0.337 e. The van der Waals surface area contributed by atoms with E-state index in [4.69, 9.17) is 0 Å². The van der Waals surface area contributed by atoms with E-state index in [-0.39, 0.29) is 11.3 Å². The summed E-state index contributed by atoms with van der Waals surface area (Å²) in [5.41, 5.74) is 0.759. The van der Waals surface area contributed by atoms with Crippen molar-refractivity contribution in [1.82, 2.24) is 9.88 Å². The van der Waals surface area contributed by atoms with E-state index in [2.05, 4.69) is 34.8 Å². The minimum atomic E-state index is 0.0466. The summed E-state index contributed by atoms with van der Waals surface area (Å²) in [6.45, 7) is 6.09. The molecule has 2 heterocycles. The lowest BCUT2D eigenvalue weighted by Gasteiger charge is -2.37. The van der Waals surface area contributed by atoms with Gasteiger partial charge in [0.1, 0.15) is 5.69 Å². The Kier molecular flexibility index (Phi) is 3.52. The number of halogens is 1. The number of likely N-dealkylation sites (tertiary alicyclic amines) is 1. The van der Waals surface area contributed by atoms with Crippen LogP contribution in [0.4, 0.5) is 0 Å². The molecule has 17 heavy (non-hydrogen) atoms. The van der Waals surface area contributed by atoms with E-state index >= 15 is 0 Å². The first-order valence-electron chi connectivity index (χ1n) is 5.89. The van der Waals surface area contributed by atoms with Crippen LogP contribution in [-0.2, 0) is 0 Å². The Labute approximate surface area is 110 Å². The van der Waals surface area contributed by atoms with Crippen LogP contribution in [-0.4, -0.2) is 28.9 Å². The van der Waals surface area contributed by atoms with Crippen molar-refractivity contribution in [3.05, 3.63) is 28.5 Å². The lowest BCUT2D eigenvalue weighted by Crippen LogP contribution is -2.43. The highest BCUT2D eigenvalue weighted by Crippen LogP contribution is 2.29. The van der Waals surface area contributed by atoms with Gasteiger partial charge in [-0.05, 0) is 46.3 Å². The van der Waals surface area contributed by atoms with Crippen LogP contribution in [0.1, 0.15) is 37.2 Å². The lowest BCUT2D eigenvalue weighted by atomic mass is 9.84. The summed E-state index contributed by atoms with van der Waals surface area (Å²) in [6.07, 6.45) is 3.93. The molecule has 1 aromatic heterocycles. The van der Waals surface area contributed by atoms with Crippen molar-refractivity contribution in [2.45, 2.75) is 26.7 Å². The number of rotatable bonds is 1. The smallest absolute Gasteiger partial charge is 0.272 e. The van der Waals surface area contributed by atoms with Crippen LogP contribution >= 0.6 is 15.9 Å². The number of carbonyl (C=O) groups excluding carboxylic acids is 1. The van der Waals surface area contributed by atoms with Crippen molar-refractivity contribution in [2.24, 2.45) is 5.41 Å². The van der Waals surface area contributed by atoms with Gasteiger partial charge in [-0.1, -0.05) is 13.8 Å². The standard InChI is InChI=1S/C13H17BrN2O/c1-13(2)6-3-7-16(9-13)12(17)11-5-4-10(14)8-15-11/h4-5,8H,3,6-7,9H2,1-2H3. The maximum Gasteiger partial charge on any atom is 0.272 e. The number of hydrogen-bond donors (Lipinski definition) is 0. The van der Waals surface area contributed by atoms with E-state index in [1.165, 1.54) is 6.42 Å². The fraction of sp³-hybridized carbons (Fsp3) is 0.538. The second-order valence-electron chi connectivity index (χ2n) is 5.36. The molecule has 92 valence electrons. The zero-order chi connectivity index (χ0) is 12.5. The molecule has 0 atom stereocenters. The van der Waals surface area contributed by atoms with Gasteiger partial charge in [0, 0.05) is 23.8 Å². The molecule has 1 aliphatic heterocycles. The van der Waals surface area contributed by atoms with Crippen molar-refractivity contribution in [1.29, 1.82) is 0 Å². The van der Waals surface area contributed by atoms with Crippen LogP contribution in [0.15, 0.2) is 22.8 Å². The van der Waals surface area contributed by atoms with Crippen LogP contribution in [0.5, 0.6) is 0 Å². The van der Waals surface area contributed by atoms with E-state index in [9.17, 15) is 4.79 Å². The molecule has 4 heteroatoms. The van der Waals surface area contributed by atoms with E-state index < -0.39 is 0 Å². The molecule has 0 unspecified atom stereocenters. The predicted molar refractivity (Wildman–Crippen MR) is 70.9 cm³/mol. The molecule has 1 saturated heterocycles. The SMILES string of the molecule is CC1(C)CCCN(C(=O)c2ccc(Br)cn2)C1. The molecule has 0 radical (unpaired) electrons. The highest BCUT2D eigenvalue weighted by Gasteiger charge is 2.29. The summed E-state index contributed by atoms with van der Waals surface area (Å²) >= 11 is 3.32. The second kappa shape index (κ2) is 4.77. The average molecular weight is 297 g/mol. The van der Waals surface area contributed by atoms with Gasteiger partial charge < -0.3 is 4.90 Å². The lowest BCUT2D eigenvalue weighted by molar-refractivity contribution is 0.0577. The Bertz CT molecular complexity index is 414. The van der Waals surface area contributed by atoms with Gasteiger partial charge in [-0.15, -0.1) is 0 Å². The number of hydrogen-bond acceptors (Lipinski definition) is 2. The van der Waals surface area contributed by atoms with Crippen LogP contribution < -0.4 is 0 Å². The Morgan fingerprint density at radius 1 is 1.47 bits per heavy atom. The van der Waals surface area contributed by atoms with Crippen molar-refractivity contribution < 1.29 is 4.79 Å². The summed E-state index contributed by atoms with van der Waals surface area (Å²) in [5.74, 6) is 0.0466. The van der Waals surface area contributed by atoms with E-state index in [1.807, 2.05) is 11.0 Å². The molecule has 1 aromatic rings. The minimum absolute atomic E-state index is 0.0466. The van der Waals surface area contributed by atoms with E-state index in [0.717, 1.165) is 24.0 Å². The molecule has 0 saturated carbocycles. The Morgan fingerprint density at radius 3 is 2.82 bits per heavy atom. The van der Waals surface area contributed by atoms with Gasteiger partial charge in [0.2, 0.25) is 0 Å². The molecule has 1 amide bonds. The van der Waals surface area contributed by atoms with E-state index in [1.54, 1.807) is 12.3 Å². The third kappa shape index (κ3) is 3.06. The number of amides is 1. The average Bonchev–Trinajstić information content (AvgIpc) is 2.28.